The molecule has 2 aliphatic rings. The number of aryl methyl sites for hydroxylation is 1. The number of unbranched alkanes of at least 4 members (excludes halogenated alkanes) is 1. The SMILES string of the molecule is c1cc2c(cc1CCCCNC1CC1)COC2. The van der Waals surface area contributed by atoms with E-state index in [0.717, 1.165) is 19.3 Å². The van der Waals surface area contributed by atoms with Gasteiger partial charge in [0, 0.05) is 6.04 Å². The zero-order chi connectivity index (χ0) is 11.5. The van der Waals surface area contributed by atoms with E-state index < -0.39 is 0 Å². The highest BCUT2D eigenvalue weighted by atomic mass is 16.5. The van der Waals surface area contributed by atoms with Crippen LogP contribution in [0.3, 0.4) is 0 Å². The quantitative estimate of drug-likeness (QED) is 0.760. The zero-order valence-electron chi connectivity index (χ0n) is 10.4. The van der Waals surface area contributed by atoms with Gasteiger partial charge in [-0.05, 0) is 55.3 Å². The highest BCUT2D eigenvalue weighted by molar-refractivity contribution is 5.33. The first kappa shape index (κ1) is 11.2. The summed E-state index contributed by atoms with van der Waals surface area (Å²) in [5, 5.41) is 3.56. The van der Waals surface area contributed by atoms with Gasteiger partial charge in [-0.2, -0.15) is 0 Å². The summed E-state index contributed by atoms with van der Waals surface area (Å²) >= 11 is 0. The van der Waals surface area contributed by atoms with E-state index in [1.54, 1.807) is 0 Å². The minimum absolute atomic E-state index is 0.806. The van der Waals surface area contributed by atoms with Crippen LogP contribution in [0.1, 0.15) is 42.4 Å². The summed E-state index contributed by atoms with van der Waals surface area (Å²) in [6.45, 7) is 2.81. The maximum absolute atomic E-state index is 5.44. The van der Waals surface area contributed by atoms with Crippen molar-refractivity contribution in [3.05, 3.63) is 34.9 Å². The van der Waals surface area contributed by atoms with Crippen molar-refractivity contribution in [2.24, 2.45) is 0 Å². The lowest BCUT2D eigenvalue weighted by atomic mass is 10.0. The molecule has 0 bridgehead atoms. The normalized spacial score (nSPS) is 18.4. The minimum atomic E-state index is 0.806. The third kappa shape index (κ3) is 3.08. The smallest absolute Gasteiger partial charge is 0.0725 e. The zero-order valence-corrected chi connectivity index (χ0v) is 10.4. The number of ether oxygens (including phenoxy) is 1. The van der Waals surface area contributed by atoms with E-state index in [2.05, 4.69) is 23.5 Å². The Morgan fingerprint density at radius 2 is 2.00 bits per heavy atom. The molecule has 1 aliphatic heterocycles. The van der Waals surface area contributed by atoms with Crippen LogP contribution in [0.15, 0.2) is 18.2 Å². The first-order valence-electron chi connectivity index (χ1n) is 6.83. The third-order valence-electron chi connectivity index (χ3n) is 3.69. The molecular formula is C15H21NO. The van der Waals surface area contributed by atoms with Crippen LogP contribution in [-0.4, -0.2) is 12.6 Å². The van der Waals surface area contributed by atoms with Gasteiger partial charge < -0.3 is 10.1 Å². The van der Waals surface area contributed by atoms with Crippen molar-refractivity contribution >= 4 is 0 Å². The van der Waals surface area contributed by atoms with Crippen LogP contribution < -0.4 is 5.32 Å². The minimum Gasteiger partial charge on any atom is -0.372 e. The van der Waals surface area contributed by atoms with Gasteiger partial charge in [0.15, 0.2) is 0 Å². The summed E-state index contributed by atoms with van der Waals surface area (Å²) in [4.78, 5) is 0. The van der Waals surface area contributed by atoms with E-state index in [4.69, 9.17) is 4.74 Å². The molecule has 0 saturated heterocycles. The molecule has 3 rings (SSSR count). The summed E-state index contributed by atoms with van der Waals surface area (Å²) < 4.78 is 5.44. The Kier molecular flexibility index (Phi) is 3.44. The average Bonchev–Trinajstić information content (AvgIpc) is 3.05. The molecule has 17 heavy (non-hydrogen) atoms. The number of fused-ring (bicyclic) bond motifs is 1. The van der Waals surface area contributed by atoms with Crippen molar-refractivity contribution in [2.75, 3.05) is 6.54 Å². The van der Waals surface area contributed by atoms with Gasteiger partial charge in [-0.25, -0.2) is 0 Å². The fourth-order valence-corrected chi connectivity index (χ4v) is 2.43. The number of nitrogens with one attached hydrogen (secondary N) is 1. The van der Waals surface area contributed by atoms with Crippen molar-refractivity contribution in [3.8, 4) is 0 Å². The van der Waals surface area contributed by atoms with E-state index >= 15 is 0 Å². The lowest BCUT2D eigenvalue weighted by Crippen LogP contribution is -2.17. The second kappa shape index (κ2) is 5.19. The molecule has 1 aliphatic carbocycles. The third-order valence-corrected chi connectivity index (χ3v) is 3.69. The molecule has 1 saturated carbocycles. The predicted molar refractivity (Wildman–Crippen MR) is 68.9 cm³/mol. The van der Waals surface area contributed by atoms with E-state index in [9.17, 15) is 0 Å². The van der Waals surface area contributed by atoms with Crippen molar-refractivity contribution in [1.82, 2.24) is 5.32 Å². The Balaban J connectivity index is 1.41. The maximum atomic E-state index is 5.44. The molecule has 1 aromatic carbocycles. The fraction of sp³-hybridized carbons (Fsp3) is 0.600. The van der Waals surface area contributed by atoms with E-state index in [-0.39, 0.29) is 0 Å². The predicted octanol–water partition coefficient (Wildman–Crippen LogP) is 2.79. The molecule has 1 heterocycles. The van der Waals surface area contributed by atoms with Gasteiger partial charge in [0.05, 0.1) is 13.2 Å². The molecule has 0 atom stereocenters. The van der Waals surface area contributed by atoms with Crippen LogP contribution in [0.4, 0.5) is 0 Å². The first-order valence-corrected chi connectivity index (χ1v) is 6.83. The number of benzene rings is 1. The van der Waals surface area contributed by atoms with Crippen LogP contribution in [0.25, 0.3) is 0 Å². The van der Waals surface area contributed by atoms with E-state index in [1.807, 2.05) is 0 Å². The van der Waals surface area contributed by atoms with Crippen LogP contribution in [0.5, 0.6) is 0 Å². The van der Waals surface area contributed by atoms with Gasteiger partial charge in [-0.15, -0.1) is 0 Å². The molecule has 1 fully saturated rings. The number of hydrogen-bond acceptors (Lipinski definition) is 2. The molecule has 0 aromatic heterocycles. The molecule has 1 N–H and O–H groups in total. The van der Waals surface area contributed by atoms with Crippen molar-refractivity contribution in [1.29, 1.82) is 0 Å². The highest BCUT2D eigenvalue weighted by Crippen LogP contribution is 2.22. The van der Waals surface area contributed by atoms with Crippen LogP contribution in [-0.2, 0) is 24.4 Å². The average molecular weight is 231 g/mol. The Morgan fingerprint density at radius 3 is 2.88 bits per heavy atom. The number of rotatable bonds is 6. The first-order chi connectivity index (χ1) is 8.42. The second-order valence-electron chi connectivity index (χ2n) is 5.28. The molecule has 2 heteroatoms. The Labute approximate surface area is 103 Å². The highest BCUT2D eigenvalue weighted by Gasteiger charge is 2.19. The second-order valence-corrected chi connectivity index (χ2v) is 5.28. The summed E-state index contributed by atoms with van der Waals surface area (Å²) in [5.74, 6) is 0. The van der Waals surface area contributed by atoms with Crippen LogP contribution >= 0.6 is 0 Å². The van der Waals surface area contributed by atoms with Gasteiger partial charge in [0.1, 0.15) is 0 Å². The maximum Gasteiger partial charge on any atom is 0.0725 e. The molecule has 0 radical (unpaired) electrons. The van der Waals surface area contributed by atoms with Gasteiger partial charge >= 0.3 is 0 Å². The van der Waals surface area contributed by atoms with E-state index in [0.29, 0.717) is 0 Å². The number of hydrogen-bond donors (Lipinski definition) is 1. The summed E-state index contributed by atoms with van der Waals surface area (Å²) in [6.07, 6.45) is 6.58. The largest absolute Gasteiger partial charge is 0.372 e. The molecule has 92 valence electrons. The molecule has 0 spiro atoms. The summed E-state index contributed by atoms with van der Waals surface area (Å²) in [6, 6.07) is 7.69. The van der Waals surface area contributed by atoms with Crippen LogP contribution in [0, 0.1) is 0 Å². The molecule has 1 aromatic rings. The molecule has 0 amide bonds. The molecule has 2 nitrogen and oxygen atoms in total. The van der Waals surface area contributed by atoms with Gasteiger partial charge in [0.2, 0.25) is 0 Å². The van der Waals surface area contributed by atoms with Crippen molar-refractivity contribution in [2.45, 2.75) is 51.4 Å². The lowest BCUT2D eigenvalue weighted by molar-refractivity contribution is 0.134. The topological polar surface area (TPSA) is 21.3 Å². The monoisotopic (exact) mass is 231 g/mol. The Hall–Kier alpha value is -0.860. The van der Waals surface area contributed by atoms with Gasteiger partial charge in [-0.1, -0.05) is 18.2 Å². The Bertz CT molecular complexity index is 385. The summed E-state index contributed by atoms with van der Waals surface area (Å²) in [7, 11) is 0. The van der Waals surface area contributed by atoms with E-state index in [1.165, 1.54) is 55.3 Å². The lowest BCUT2D eigenvalue weighted by Gasteiger charge is -2.05. The fourth-order valence-electron chi connectivity index (χ4n) is 2.43. The summed E-state index contributed by atoms with van der Waals surface area (Å²) in [5.41, 5.74) is 4.25. The molecule has 0 unspecified atom stereocenters. The van der Waals surface area contributed by atoms with Gasteiger partial charge in [-0.3, -0.25) is 0 Å². The Morgan fingerprint density at radius 1 is 1.12 bits per heavy atom. The van der Waals surface area contributed by atoms with Crippen molar-refractivity contribution in [3.63, 3.8) is 0 Å². The van der Waals surface area contributed by atoms with Crippen molar-refractivity contribution < 1.29 is 4.74 Å². The molecular weight excluding hydrogens is 210 g/mol. The standard InChI is InChI=1S/C15H21NO/c1(2-8-16-15-6-7-15)3-12-4-5-13-10-17-11-14(13)9-12/h4-5,9,15-16H,1-3,6-8,10-11H2. The van der Waals surface area contributed by atoms with Crippen LogP contribution in [0.2, 0.25) is 0 Å². The van der Waals surface area contributed by atoms with Gasteiger partial charge in [0.25, 0.3) is 0 Å².